The molecule has 1 fully saturated rings. The molecule has 1 aromatic rings. The summed E-state index contributed by atoms with van der Waals surface area (Å²) in [4.78, 5) is 0. The quantitative estimate of drug-likeness (QED) is 0.930. The number of nitrogens with one attached hydrogen (secondary N) is 1. The van der Waals surface area contributed by atoms with E-state index in [4.69, 9.17) is 14.2 Å². The van der Waals surface area contributed by atoms with Crippen molar-refractivity contribution in [2.45, 2.75) is 25.4 Å². The first-order valence-corrected chi connectivity index (χ1v) is 6.86. The van der Waals surface area contributed by atoms with Crippen molar-refractivity contribution in [1.82, 2.24) is 5.32 Å². The smallest absolute Gasteiger partial charge is 0.231 e. The van der Waals surface area contributed by atoms with Gasteiger partial charge in [0.1, 0.15) is 0 Å². The molecule has 0 radical (unpaired) electrons. The Balaban J connectivity index is 1.71. The molecule has 0 aromatic heterocycles. The summed E-state index contributed by atoms with van der Waals surface area (Å²) >= 11 is 3.51. The van der Waals surface area contributed by atoms with Crippen LogP contribution in [0.15, 0.2) is 16.6 Å². The Morgan fingerprint density at radius 1 is 1.39 bits per heavy atom. The molecule has 1 aromatic carbocycles. The molecule has 5 heteroatoms. The normalized spacial score (nSPS) is 25.7. The monoisotopic (exact) mass is 313 g/mol. The van der Waals surface area contributed by atoms with Crippen molar-refractivity contribution >= 4 is 15.9 Å². The van der Waals surface area contributed by atoms with Crippen LogP contribution in [0.3, 0.4) is 0 Å². The highest BCUT2D eigenvalue weighted by molar-refractivity contribution is 9.10. The fraction of sp³-hybridized carbons (Fsp3) is 0.538. The van der Waals surface area contributed by atoms with Crippen molar-refractivity contribution in [2.24, 2.45) is 0 Å². The summed E-state index contributed by atoms with van der Waals surface area (Å²) < 4.78 is 17.2. The van der Waals surface area contributed by atoms with Crippen LogP contribution in [0.1, 0.15) is 18.9 Å². The molecule has 0 aliphatic carbocycles. The van der Waals surface area contributed by atoms with Gasteiger partial charge in [-0.05, 0) is 47.0 Å². The van der Waals surface area contributed by atoms with E-state index < -0.39 is 0 Å². The summed E-state index contributed by atoms with van der Waals surface area (Å²) in [6.07, 6.45) is 1.05. The zero-order valence-corrected chi connectivity index (χ0v) is 11.9. The van der Waals surface area contributed by atoms with Gasteiger partial charge in [0, 0.05) is 18.7 Å². The van der Waals surface area contributed by atoms with Gasteiger partial charge in [-0.15, -0.1) is 0 Å². The van der Waals surface area contributed by atoms with Gasteiger partial charge >= 0.3 is 0 Å². The number of benzene rings is 1. The number of ether oxygens (including phenoxy) is 3. The van der Waals surface area contributed by atoms with Crippen molar-refractivity contribution in [1.29, 1.82) is 0 Å². The molecular formula is C13H16BrNO3. The Morgan fingerprint density at radius 2 is 2.28 bits per heavy atom. The lowest BCUT2D eigenvalue weighted by Gasteiger charge is -2.23. The topological polar surface area (TPSA) is 39.7 Å². The van der Waals surface area contributed by atoms with Gasteiger partial charge in [0.25, 0.3) is 0 Å². The Morgan fingerprint density at radius 3 is 3.06 bits per heavy atom. The molecule has 2 aliphatic rings. The lowest BCUT2D eigenvalue weighted by atomic mass is 10.0. The van der Waals surface area contributed by atoms with Crippen LogP contribution in [0.4, 0.5) is 0 Å². The van der Waals surface area contributed by atoms with Crippen LogP contribution >= 0.6 is 15.9 Å². The molecule has 3 rings (SSSR count). The standard InChI is InChI=1S/C13H16BrNO3/c1-13(2-3-16-7-13)15-6-9-4-10(14)12-11(5-9)17-8-18-12/h4-5,15H,2-3,6-8H2,1H3. The highest BCUT2D eigenvalue weighted by atomic mass is 79.9. The van der Waals surface area contributed by atoms with E-state index in [2.05, 4.69) is 34.2 Å². The molecular weight excluding hydrogens is 298 g/mol. The lowest BCUT2D eigenvalue weighted by molar-refractivity contribution is 0.171. The first kappa shape index (κ1) is 12.3. The number of fused-ring (bicyclic) bond motifs is 1. The van der Waals surface area contributed by atoms with Crippen LogP contribution in [0.2, 0.25) is 0 Å². The number of halogens is 1. The van der Waals surface area contributed by atoms with Gasteiger partial charge in [0.15, 0.2) is 11.5 Å². The van der Waals surface area contributed by atoms with Crippen LogP contribution < -0.4 is 14.8 Å². The van der Waals surface area contributed by atoms with E-state index in [9.17, 15) is 0 Å². The molecule has 1 atom stereocenters. The van der Waals surface area contributed by atoms with Crippen LogP contribution in [-0.2, 0) is 11.3 Å². The molecule has 0 amide bonds. The average Bonchev–Trinajstić information content (AvgIpc) is 2.96. The lowest BCUT2D eigenvalue weighted by Crippen LogP contribution is -2.42. The minimum Gasteiger partial charge on any atom is -0.454 e. The first-order chi connectivity index (χ1) is 8.66. The molecule has 2 aliphatic heterocycles. The molecule has 1 unspecified atom stereocenters. The van der Waals surface area contributed by atoms with E-state index in [1.54, 1.807) is 0 Å². The van der Waals surface area contributed by atoms with E-state index in [0.29, 0.717) is 6.79 Å². The van der Waals surface area contributed by atoms with Gasteiger partial charge in [-0.2, -0.15) is 0 Å². The van der Waals surface area contributed by atoms with Crippen LogP contribution in [0.5, 0.6) is 11.5 Å². The van der Waals surface area contributed by atoms with E-state index >= 15 is 0 Å². The van der Waals surface area contributed by atoms with Crippen molar-refractivity contribution in [3.63, 3.8) is 0 Å². The molecule has 1 N–H and O–H groups in total. The van der Waals surface area contributed by atoms with Crippen molar-refractivity contribution < 1.29 is 14.2 Å². The molecule has 4 nitrogen and oxygen atoms in total. The fourth-order valence-corrected chi connectivity index (χ4v) is 2.85. The summed E-state index contributed by atoms with van der Waals surface area (Å²) in [5.41, 5.74) is 1.27. The fourth-order valence-electron chi connectivity index (χ4n) is 2.24. The highest BCUT2D eigenvalue weighted by Gasteiger charge is 2.29. The zero-order chi connectivity index (χ0) is 12.6. The maximum atomic E-state index is 5.43. The second-order valence-corrected chi connectivity index (χ2v) is 5.88. The largest absolute Gasteiger partial charge is 0.454 e. The Labute approximate surface area is 115 Å². The third-order valence-corrected chi connectivity index (χ3v) is 4.01. The van der Waals surface area contributed by atoms with E-state index in [-0.39, 0.29) is 5.54 Å². The molecule has 2 heterocycles. The van der Waals surface area contributed by atoms with Gasteiger partial charge in [0.2, 0.25) is 6.79 Å². The predicted octanol–water partition coefficient (Wildman–Crippen LogP) is 2.45. The summed E-state index contributed by atoms with van der Waals surface area (Å²) in [7, 11) is 0. The minimum atomic E-state index is 0.0862. The number of hydrogen-bond donors (Lipinski definition) is 1. The maximum Gasteiger partial charge on any atom is 0.231 e. The Kier molecular flexibility index (Phi) is 3.21. The van der Waals surface area contributed by atoms with Gasteiger partial charge in [-0.3, -0.25) is 0 Å². The zero-order valence-electron chi connectivity index (χ0n) is 10.3. The first-order valence-electron chi connectivity index (χ1n) is 6.07. The molecule has 18 heavy (non-hydrogen) atoms. The predicted molar refractivity (Wildman–Crippen MR) is 70.9 cm³/mol. The van der Waals surface area contributed by atoms with Gasteiger partial charge in [0.05, 0.1) is 11.1 Å². The molecule has 98 valence electrons. The van der Waals surface area contributed by atoms with E-state index in [1.165, 1.54) is 5.56 Å². The maximum absolute atomic E-state index is 5.43. The van der Waals surface area contributed by atoms with Gasteiger partial charge < -0.3 is 19.5 Å². The third kappa shape index (κ3) is 2.35. The van der Waals surface area contributed by atoms with Crippen molar-refractivity contribution in [3.8, 4) is 11.5 Å². The SMILES string of the molecule is CC1(NCc2cc(Br)c3c(c2)OCO3)CCOC1. The summed E-state index contributed by atoms with van der Waals surface area (Å²) in [6.45, 7) is 4.92. The Bertz CT molecular complexity index is 458. The minimum absolute atomic E-state index is 0.0862. The highest BCUT2D eigenvalue weighted by Crippen LogP contribution is 2.40. The van der Waals surface area contributed by atoms with Gasteiger partial charge in [-0.1, -0.05) is 0 Å². The van der Waals surface area contributed by atoms with E-state index in [0.717, 1.165) is 42.2 Å². The second-order valence-electron chi connectivity index (χ2n) is 5.03. The second kappa shape index (κ2) is 4.72. The average molecular weight is 314 g/mol. The number of rotatable bonds is 3. The van der Waals surface area contributed by atoms with Crippen LogP contribution in [0, 0.1) is 0 Å². The Hall–Kier alpha value is -0.780. The number of hydrogen-bond acceptors (Lipinski definition) is 4. The summed E-state index contributed by atoms with van der Waals surface area (Å²) in [5.74, 6) is 1.61. The van der Waals surface area contributed by atoms with Crippen LogP contribution in [-0.4, -0.2) is 25.5 Å². The van der Waals surface area contributed by atoms with Crippen molar-refractivity contribution in [2.75, 3.05) is 20.0 Å². The third-order valence-electron chi connectivity index (χ3n) is 3.43. The summed E-state index contributed by atoms with van der Waals surface area (Å²) in [6, 6.07) is 4.10. The summed E-state index contributed by atoms with van der Waals surface area (Å²) in [5, 5.41) is 3.55. The van der Waals surface area contributed by atoms with Gasteiger partial charge in [-0.25, -0.2) is 0 Å². The molecule has 1 saturated heterocycles. The van der Waals surface area contributed by atoms with E-state index in [1.807, 2.05) is 6.07 Å². The van der Waals surface area contributed by atoms with Crippen LogP contribution in [0.25, 0.3) is 0 Å². The molecule has 0 spiro atoms. The molecule has 0 saturated carbocycles. The van der Waals surface area contributed by atoms with Crippen molar-refractivity contribution in [3.05, 3.63) is 22.2 Å². The molecule has 0 bridgehead atoms.